The zero-order valence-corrected chi connectivity index (χ0v) is 13.4. The van der Waals surface area contributed by atoms with E-state index < -0.39 is 0 Å². The summed E-state index contributed by atoms with van der Waals surface area (Å²) in [6, 6.07) is 14.2. The summed E-state index contributed by atoms with van der Waals surface area (Å²) in [5.41, 5.74) is 5.59. The van der Waals surface area contributed by atoms with Crippen LogP contribution in [0.25, 0.3) is 22.6 Å². The van der Waals surface area contributed by atoms with E-state index in [2.05, 4.69) is 18.2 Å². The normalized spacial score (nSPS) is 12.2. The minimum absolute atomic E-state index is 0.377. The molecule has 0 atom stereocenters. The van der Waals surface area contributed by atoms with Crippen molar-refractivity contribution in [3.63, 3.8) is 0 Å². The van der Waals surface area contributed by atoms with Crippen molar-refractivity contribution < 1.29 is 9.15 Å². The largest absolute Gasteiger partial charge is 0.477 e. The smallest absolute Gasteiger partial charge is 0.233 e. The molecule has 0 unspecified atom stereocenters. The Morgan fingerprint density at radius 3 is 2.83 bits per heavy atom. The Hall–Kier alpha value is -3.06. The Morgan fingerprint density at radius 1 is 1.21 bits per heavy atom. The van der Waals surface area contributed by atoms with E-state index in [9.17, 15) is 5.26 Å². The van der Waals surface area contributed by atoms with Crippen LogP contribution >= 0.6 is 0 Å². The molecule has 0 aliphatic heterocycles. The van der Waals surface area contributed by atoms with E-state index in [0.717, 1.165) is 35.2 Å². The first-order chi connectivity index (χ1) is 11.8. The number of hydrogen-bond donors (Lipinski definition) is 0. The molecule has 0 saturated carbocycles. The molecule has 4 nitrogen and oxygen atoms in total. The Balaban J connectivity index is 2.07. The highest BCUT2D eigenvalue weighted by Gasteiger charge is 2.27. The average molecular weight is 316 g/mol. The number of fused-ring (bicyclic) bond motifs is 3. The summed E-state index contributed by atoms with van der Waals surface area (Å²) in [6.45, 7) is 2.35. The van der Waals surface area contributed by atoms with Crippen molar-refractivity contribution in [2.75, 3.05) is 6.61 Å². The third-order valence-corrected chi connectivity index (χ3v) is 4.34. The zero-order valence-electron chi connectivity index (χ0n) is 13.4. The number of nitrogens with zero attached hydrogens (tertiary/aromatic N) is 2. The second-order valence-corrected chi connectivity index (χ2v) is 5.67. The van der Waals surface area contributed by atoms with Crippen LogP contribution < -0.4 is 4.74 Å². The molecule has 3 aromatic rings. The van der Waals surface area contributed by atoms with Gasteiger partial charge < -0.3 is 9.15 Å². The van der Waals surface area contributed by atoms with E-state index in [0.29, 0.717) is 23.8 Å². The Labute approximate surface area is 140 Å². The van der Waals surface area contributed by atoms with E-state index in [1.807, 2.05) is 31.2 Å². The van der Waals surface area contributed by atoms with Gasteiger partial charge in [0.2, 0.25) is 5.88 Å². The van der Waals surface area contributed by atoms with Gasteiger partial charge in [-0.2, -0.15) is 5.26 Å². The lowest BCUT2D eigenvalue weighted by molar-refractivity contribution is 0.326. The van der Waals surface area contributed by atoms with Gasteiger partial charge in [-0.05, 0) is 43.0 Å². The summed E-state index contributed by atoms with van der Waals surface area (Å²) in [4.78, 5) is 4.70. The third kappa shape index (κ3) is 2.17. The predicted octanol–water partition coefficient (Wildman–Crippen LogP) is 4.38. The van der Waals surface area contributed by atoms with Crippen LogP contribution in [0.1, 0.15) is 23.6 Å². The molecule has 0 bridgehead atoms. The van der Waals surface area contributed by atoms with Crippen molar-refractivity contribution in [2.45, 2.75) is 19.8 Å². The van der Waals surface area contributed by atoms with Gasteiger partial charge in [0.25, 0.3) is 0 Å². The molecule has 1 aromatic carbocycles. The van der Waals surface area contributed by atoms with Crippen molar-refractivity contribution in [3.05, 3.63) is 59.4 Å². The van der Waals surface area contributed by atoms with Crippen molar-refractivity contribution in [2.24, 2.45) is 0 Å². The van der Waals surface area contributed by atoms with Gasteiger partial charge >= 0.3 is 0 Å². The van der Waals surface area contributed by atoms with Crippen LogP contribution in [0.4, 0.5) is 0 Å². The first-order valence-electron chi connectivity index (χ1n) is 8.05. The van der Waals surface area contributed by atoms with E-state index in [1.54, 1.807) is 6.26 Å². The Kier molecular flexibility index (Phi) is 3.55. The van der Waals surface area contributed by atoms with Crippen LogP contribution in [0.15, 0.2) is 47.1 Å². The maximum absolute atomic E-state index is 9.71. The number of benzene rings is 1. The summed E-state index contributed by atoms with van der Waals surface area (Å²) in [6.07, 6.45) is 3.38. The number of rotatable bonds is 3. The van der Waals surface area contributed by atoms with Crippen LogP contribution in [0.5, 0.6) is 5.88 Å². The molecule has 4 rings (SSSR count). The van der Waals surface area contributed by atoms with Gasteiger partial charge in [-0.25, -0.2) is 4.98 Å². The van der Waals surface area contributed by atoms with Crippen LogP contribution in [-0.2, 0) is 12.8 Å². The van der Waals surface area contributed by atoms with Gasteiger partial charge in [0, 0.05) is 11.1 Å². The topological polar surface area (TPSA) is 59.1 Å². The lowest BCUT2D eigenvalue weighted by Crippen LogP contribution is -2.11. The standard InChI is InChI=1S/C20H16N2O2/c1-2-23-20-16(12-21)18(17-8-5-11-24-17)15-10-9-13-6-3-4-7-14(13)19(15)22-20/h3-8,11H,2,9-10H2,1H3. The van der Waals surface area contributed by atoms with Gasteiger partial charge in [0.1, 0.15) is 17.4 Å². The maximum atomic E-state index is 9.71. The number of hydrogen-bond acceptors (Lipinski definition) is 4. The zero-order chi connectivity index (χ0) is 16.5. The van der Waals surface area contributed by atoms with Crippen LogP contribution in [0, 0.1) is 11.3 Å². The van der Waals surface area contributed by atoms with Crippen molar-refractivity contribution in [1.29, 1.82) is 5.26 Å². The van der Waals surface area contributed by atoms with E-state index in [4.69, 9.17) is 14.1 Å². The minimum Gasteiger partial charge on any atom is -0.477 e. The quantitative estimate of drug-likeness (QED) is 0.719. The minimum atomic E-state index is 0.377. The van der Waals surface area contributed by atoms with Crippen LogP contribution in [0.2, 0.25) is 0 Å². The fourth-order valence-corrected chi connectivity index (χ4v) is 3.33. The predicted molar refractivity (Wildman–Crippen MR) is 90.7 cm³/mol. The molecule has 1 aliphatic carbocycles. The molecule has 4 heteroatoms. The van der Waals surface area contributed by atoms with E-state index in [1.165, 1.54) is 5.56 Å². The molecule has 24 heavy (non-hydrogen) atoms. The number of aromatic nitrogens is 1. The SMILES string of the molecule is CCOc1nc2c(c(-c3ccco3)c1C#N)CCc1ccccc1-2. The highest BCUT2D eigenvalue weighted by molar-refractivity contribution is 5.82. The summed E-state index contributed by atoms with van der Waals surface area (Å²) in [7, 11) is 0. The molecule has 118 valence electrons. The Bertz CT molecular complexity index is 937. The van der Waals surface area contributed by atoms with Crippen molar-refractivity contribution in [3.8, 4) is 34.5 Å². The molecular formula is C20H16N2O2. The third-order valence-electron chi connectivity index (χ3n) is 4.34. The fraction of sp³-hybridized carbons (Fsp3) is 0.200. The average Bonchev–Trinajstić information content (AvgIpc) is 3.15. The molecular weight excluding hydrogens is 300 g/mol. The van der Waals surface area contributed by atoms with Gasteiger partial charge in [0.05, 0.1) is 18.6 Å². The maximum Gasteiger partial charge on any atom is 0.233 e. The van der Waals surface area contributed by atoms with E-state index in [-0.39, 0.29) is 0 Å². The van der Waals surface area contributed by atoms with Gasteiger partial charge in [-0.1, -0.05) is 24.3 Å². The highest BCUT2D eigenvalue weighted by Crippen LogP contribution is 2.42. The number of nitriles is 1. The molecule has 0 spiro atoms. The molecule has 1 aliphatic rings. The molecule has 0 radical (unpaired) electrons. The lowest BCUT2D eigenvalue weighted by Gasteiger charge is -2.23. The molecule has 0 fully saturated rings. The highest BCUT2D eigenvalue weighted by atomic mass is 16.5. The first kappa shape index (κ1) is 14.5. The lowest BCUT2D eigenvalue weighted by atomic mass is 9.84. The summed E-state index contributed by atoms with van der Waals surface area (Å²) in [5.74, 6) is 1.06. The summed E-state index contributed by atoms with van der Waals surface area (Å²) < 4.78 is 11.3. The van der Waals surface area contributed by atoms with Gasteiger partial charge in [-0.3, -0.25) is 0 Å². The number of ether oxygens (including phenoxy) is 1. The first-order valence-corrected chi connectivity index (χ1v) is 8.05. The van der Waals surface area contributed by atoms with Gasteiger partial charge in [-0.15, -0.1) is 0 Å². The molecule has 0 saturated heterocycles. The second kappa shape index (κ2) is 5.86. The number of furan rings is 1. The number of aryl methyl sites for hydroxylation is 1. The van der Waals surface area contributed by atoms with Gasteiger partial charge in [0.15, 0.2) is 0 Å². The fourth-order valence-electron chi connectivity index (χ4n) is 3.33. The molecule has 0 N–H and O–H groups in total. The van der Waals surface area contributed by atoms with Crippen LogP contribution in [-0.4, -0.2) is 11.6 Å². The molecule has 2 aromatic heterocycles. The van der Waals surface area contributed by atoms with Crippen molar-refractivity contribution in [1.82, 2.24) is 4.98 Å². The summed E-state index contributed by atoms with van der Waals surface area (Å²) in [5, 5.41) is 9.71. The number of pyridine rings is 1. The van der Waals surface area contributed by atoms with E-state index >= 15 is 0 Å². The second-order valence-electron chi connectivity index (χ2n) is 5.67. The molecule has 0 amide bonds. The van der Waals surface area contributed by atoms with Crippen molar-refractivity contribution >= 4 is 0 Å². The van der Waals surface area contributed by atoms with Crippen LogP contribution in [0.3, 0.4) is 0 Å². The monoisotopic (exact) mass is 316 g/mol. The summed E-state index contributed by atoms with van der Waals surface area (Å²) >= 11 is 0. The Morgan fingerprint density at radius 2 is 2.08 bits per heavy atom. The molecule has 2 heterocycles.